The average molecular weight is 369 g/mol. The van der Waals surface area contributed by atoms with E-state index in [1.54, 1.807) is 0 Å². The molecule has 0 spiro atoms. The van der Waals surface area contributed by atoms with Crippen molar-refractivity contribution >= 4 is 27.3 Å². The SMILES string of the molecule is Nc1ccc(S(=O)(=O)NC2C(O)OC(CO)C(O)C2O)c(Cl)c1. The van der Waals surface area contributed by atoms with Crippen molar-refractivity contribution in [2.45, 2.75) is 35.5 Å². The van der Waals surface area contributed by atoms with E-state index in [0.717, 1.165) is 6.07 Å². The van der Waals surface area contributed by atoms with E-state index in [1.165, 1.54) is 12.1 Å². The number of anilines is 1. The number of halogens is 1. The summed E-state index contributed by atoms with van der Waals surface area (Å²) in [5.41, 5.74) is 5.75. The van der Waals surface area contributed by atoms with Crippen LogP contribution in [0, 0.1) is 0 Å². The third-order valence-corrected chi connectivity index (χ3v) is 5.38. The van der Waals surface area contributed by atoms with E-state index < -0.39 is 47.3 Å². The van der Waals surface area contributed by atoms with Crippen LogP contribution in [-0.2, 0) is 14.8 Å². The summed E-state index contributed by atoms with van der Waals surface area (Å²) in [6.07, 6.45) is -6.29. The van der Waals surface area contributed by atoms with Gasteiger partial charge in [0.1, 0.15) is 29.2 Å². The number of aliphatic hydroxyl groups is 4. The van der Waals surface area contributed by atoms with E-state index in [0.29, 0.717) is 0 Å². The number of benzene rings is 1. The van der Waals surface area contributed by atoms with Crippen molar-refractivity contribution in [2.24, 2.45) is 0 Å². The van der Waals surface area contributed by atoms with Crippen molar-refractivity contribution in [3.63, 3.8) is 0 Å². The second kappa shape index (κ2) is 6.87. The zero-order valence-electron chi connectivity index (χ0n) is 11.7. The molecule has 9 nitrogen and oxygen atoms in total. The lowest BCUT2D eigenvalue weighted by Crippen LogP contribution is -2.64. The molecule has 0 amide bonds. The summed E-state index contributed by atoms with van der Waals surface area (Å²) < 4.78 is 31.6. The molecule has 1 saturated heterocycles. The van der Waals surface area contributed by atoms with Crippen molar-refractivity contribution in [1.82, 2.24) is 4.72 Å². The summed E-state index contributed by atoms with van der Waals surface area (Å²) in [6.45, 7) is -0.654. The molecule has 1 fully saturated rings. The van der Waals surface area contributed by atoms with Crippen LogP contribution in [0.2, 0.25) is 5.02 Å². The monoisotopic (exact) mass is 368 g/mol. The Morgan fingerprint density at radius 3 is 2.48 bits per heavy atom. The quantitative estimate of drug-likeness (QED) is 0.332. The smallest absolute Gasteiger partial charge is 0.242 e. The predicted molar refractivity (Wildman–Crippen MR) is 80.0 cm³/mol. The average Bonchev–Trinajstić information content (AvgIpc) is 2.47. The molecule has 1 heterocycles. The lowest BCUT2D eigenvalue weighted by Gasteiger charge is -2.40. The van der Waals surface area contributed by atoms with Crippen LogP contribution >= 0.6 is 11.6 Å². The number of nitrogens with two attached hydrogens (primary N) is 1. The normalized spacial score (nSPS) is 32.0. The number of sulfonamides is 1. The molecule has 130 valence electrons. The van der Waals surface area contributed by atoms with Gasteiger partial charge in [-0.05, 0) is 18.2 Å². The zero-order valence-corrected chi connectivity index (χ0v) is 13.3. The fraction of sp³-hybridized carbons (Fsp3) is 0.500. The molecule has 0 bridgehead atoms. The molecule has 1 aromatic rings. The molecule has 1 aromatic carbocycles. The minimum Gasteiger partial charge on any atom is -0.399 e. The molecule has 0 aromatic heterocycles. The van der Waals surface area contributed by atoms with Crippen LogP contribution in [0.25, 0.3) is 0 Å². The summed E-state index contributed by atoms with van der Waals surface area (Å²) in [5, 5.41) is 38.3. The Morgan fingerprint density at radius 1 is 1.26 bits per heavy atom. The summed E-state index contributed by atoms with van der Waals surface area (Å²) in [7, 11) is -4.23. The number of nitrogen functional groups attached to an aromatic ring is 1. The molecule has 1 aliphatic heterocycles. The molecule has 5 unspecified atom stereocenters. The van der Waals surface area contributed by atoms with E-state index in [9.17, 15) is 23.7 Å². The summed E-state index contributed by atoms with van der Waals surface area (Å²) >= 11 is 5.84. The first-order chi connectivity index (χ1) is 10.7. The Labute approximate surface area is 137 Å². The van der Waals surface area contributed by atoms with Crippen molar-refractivity contribution in [3.05, 3.63) is 23.2 Å². The molecular weight excluding hydrogens is 352 g/mol. The minimum absolute atomic E-state index is 0.146. The number of hydrogen-bond donors (Lipinski definition) is 6. The van der Waals surface area contributed by atoms with Gasteiger partial charge in [0.05, 0.1) is 11.6 Å². The molecule has 2 rings (SSSR count). The third-order valence-electron chi connectivity index (χ3n) is 3.44. The van der Waals surface area contributed by atoms with Gasteiger partial charge in [-0.1, -0.05) is 11.6 Å². The molecule has 5 atom stereocenters. The topological polar surface area (TPSA) is 162 Å². The number of nitrogens with one attached hydrogen (secondary N) is 1. The number of ether oxygens (including phenoxy) is 1. The maximum absolute atomic E-state index is 12.3. The Hall–Kier alpha value is -0.980. The van der Waals surface area contributed by atoms with Crippen molar-refractivity contribution < 1.29 is 33.6 Å². The molecular formula is C12H17ClN2O7S. The van der Waals surface area contributed by atoms with Crippen LogP contribution in [0.5, 0.6) is 0 Å². The van der Waals surface area contributed by atoms with Crippen molar-refractivity contribution in [2.75, 3.05) is 12.3 Å². The maximum Gasteiger partial charge on any atom is 0.242 e. The predicted octanol–water partition coefficient (Wildman–Crippen LogP) is -2.00. The highest BCUT2D eigenvalue weighted by molar-refractivity contribution is 7.89. The van der Waals surface area contributed by atoms with Crippen molar-refractivity contribution in [3.8, 4) is 0 Å². The van der Waals surface area contributed by atoms with E-state index in [2.05, 4.69) is 0 Å². The standard InChI is InChI=1S/C12H17ClN2O7S/c13-6-3-5(14)1-2-8(6)23(20,21)15-9-11(18)10(17)7(4-16)22-12(9)19/h1-3,7,9-12,15-19H,4,14H2. The summed E-state index contributed by atoms with van der Waals surface area (Å²) in [4.78, 5) is -0.313. The summed E-state index contributed by atoms with van der Waals surface area (Å²) in [6, 6.07) is 2.17. The largest absolute Gasteiger partial charge is 0.399 e. The summed E-state index contributed by atoms with van der Waals surface area (Å²) in [5.74, 6) is 0. The van der Waals surface area contributed by atoms with E-state index in [-0.39, 0.29) is 15.6 Å². The molecule has 1 aliphatic rings. The van der Waals surface area contributed by atoms with Crippen LogP contribution in [0.15, 0.2) is 23.1 Å². The first-order valence-corrected chi connectivity index (χ1v) is 8.41. The highest BCUT2D eigenvalue weighted by Gasteiger charge is 2.45. The van der Waals surface area contributed by atoms with Crippen LogP contribution in [0.4, 0.5) is 5.69 Å². The Balaban J connectivity index is 2.26. The Kier molecular flexibility index (Phi) is 5.48. The molecule has 7 N–H and O–H groups in total. The van der Waals surface area contributed by atoms with Crippen LogP contribution in [-0.4, -0.2) is 66.1 Å². The molecule has 11 heteroatoms. The highest BCUT2D eigenvalue weighted by atomic mass is 35.5. The van der Waals surface area contributed by atoms with Gasteiger partial charge in [-0.3, -0.25) is 0 Å². The maximum atomic E-state index is 12.3. The first-order valence-electron chi connectivity index (χ1n) is 6.55. The fourth-order valence-electron chi connectivity index (χ4n) is 2.20. The lowest BCUT2D eigenvalue weighted by molar-refractivity contribution is -0.251. The van der Waals surface area contributed by atoms with Gasteiger partial charge in [0, 0.05) is 5.69 Å². The van der Waals surface area contributed by atoms with Gasteiger partial charge in [-0.2, -0.15) is 0 Å². The highest BCUT2D eigenvalue weighted by Crippen LogP contribution is 2.26. The van der Waals surface area contributed by atoms with Crippen LogP contribution in [0.3, 0.4) is 0 Å². The Morgan fingerprint density at radius 2 is 1.91 bits per heavy atom. The molecule has 23 heavy (non-hydrogen) atoms. The lowest BCUT2D eigenvalue weighted by atomic mass is 9.98. The van der Waals surface area contributed by atoms with Gasteiger partial charge < -0.3 is 30.9 Å². The Bertz CT molecular complexity index is 671. The van der Waals surface area contributed by atoms with Crippen molar-refractivity contribution in [1.29, 1.82) is 0 Å². The number of rotatable bonds is 4. The molecule has 0 saturated carbocycles. The second-order valence-electron chi connectivity index (χ2n) is 5.07. The van der Waals surface area contributed by atoms with E-state index in [4.69, 9.17) is 27.2 Å². The van der Waals surface area contributed by atoms with Crippen LogP contribution in [0.1, 0.15) is 0 Å². The van der Waals surface area contributed by atoms with Crippen LogP contribution < -0.4 is 10.5 Å². The first kappa shape index (κ1) is 18.4. The number of aliphatic hydroxyl groups excluding tert-OH is 4. The van der Waals surface area contributed by atoms with Gasteiger partial charge in [0.25, 0.3) is 0 Å². The molecule has 0 aliphatic carbocycles. The third kappa shape index (κ3) is 3.75. The van der Waals surface area contributed by atoms with E-state index in [1.807, 2.05) is 4.72 Å². The zero-order chi connectivity index (χ0) is 17.4. The minimum atomic E-state index is -4.23. The van der Waals surface area contributed by atoms with Gasteiger partial charge >= 0.3 is 0 Å². The van der Waals surface area contributed by atoms with Gasteiger partial charge in [-0.25, -0.2) is 13.1 Å². The second-order valence-corrected chi connectivity index (χ2v) is 7.16. The van der Waals surface area contributed by atoms with E-state index >= 15 is 0 Å². The van der Waals surface area contributed by atoms with Gasteiger partial charge in [-0.15, -0.1) is 0 Å². The van der Waals surface area contributed by atoms with Gasteiger partial charge in [0.2, 0.25) is 10.0 Å². The van der Waals surface area contributed by atoms with Gasteiger partial charge in [0.15, 0.2) is 6.29 Å². The molecule has 0 radical (unpaired) electrons. The number of hydrogen-bond acceptors (Lipinski definition) is 8. The fourth-order valence-corrected chi connectivity index (χ4v) is 4.00.